The number of hydrogen-bond donors (Lipinski definition) is 2. The third kappa shape index (κ3) is 5.22. The first kappa shape index (κ1) is 21.3. The molecule has 1 saturated heterocycles. The van der Waals surface area contributed by atoms with Gasteiger partial charge in [-0.05, 0) is 68.1 Å². The summed E-state index contributed by atoms with van der Waals surface area (Å²) in [4.78, 5) is 26.9. The number of hydrogen-bond acceptors (Lipinski definition) is 4. The van der Waals surface area contributed by atoms with Crippen LogP contribution in [0.15, 0.2) is 53.4 Å². The minimum Gasteiger partial charge on any atom is -0.353 e. The van der Waals surface area contributed by atoms with Gasteiger partial charge in [-0.15, -0.1) is 0 Å². The quantitative estimate of drug-likeness (QED) is 0.715. The number of sulfonamides is 1. The van der Waals surface area contributed by atoms with Crippen molar-refractivity contribution in [3.05, 3.63) is 59.9 Å². The lowest BCUT2D eigenvalue weighted by molar-refractivity contribution is -0.126. The Hall–Kier alpha value is -2.94. The van der Waals surface area contributed by atoms with Crippen molar-refractivity contribution in [2.24, 2.45) is 5.92 Å². The Bertz CT molecular complexity index is 1080. The summed E-state index contributed by atoms with van der Waals surface area (Å²) in [6, 6.07) is 11.0. The van der Waals surface area contributed by atoms with E-state index in [0.29, 0.717) is 18.7 Å². The van der Waals surface area contributed by atoms with Gasteiger partial charge in [0.25, 0.3) is 15.9 Å². The molecule has 0 aromatic heterocycles. The summed E-state index contributed by atoms with van der Waals surface area (Å²) < 4.78 is 40.6. The zero-order valence-electron chi connectivity index (χ0n) is 16.9. The number of nitrogens with zero attached hydrogens (tertiary/aromatic N) is 1. The number of amides is 2. The van der Waals surface area contributed by atoms with Gasteiger partial charge in [0.15, 0.2) is 0 Å². The SMILES string of the molecule is O=C(NC1CC1)C1CCCN(C(=O)c2cccc(NS(=O)(=O)c3ccc(F)cc3)c2)C1. The van der Waals surface area contributed by atoms with Gasteiger partial charge in [0.1, 0.15) is 5.82 Å². The Kier molecular flexibility index (Phi) is 5.95. The fourth-order valence-corrected chi connectivity index (χ4v) is 4.70. The molecule has 1 aliphatic heterocycles. The van der Waals surface area contributed by atoms with E-state index in [1.807, 2.05) is 0 Å². The van der Waals surface area contributed by atoms with Crippen molar-refractivity contribution < 1.29 is 22.4 Å². The second kappa shape index (κ2) is 8.66. The van der Waals surface area contributed by atoms with Gasteiger partial charge < -0.3 is 10.2 Å². The maximum atomic E-state index is 13.1. The Labute approximate surface area is 180 Å². The van der Waals surface area contributed by atoms with E-state index in [4.69, 9.17) is 0 Å². The van der Waals surface area contributed by atoms with E-state index in [1.165, 1.54) is 18.2 Å². The van der Waals surface area contributed by atoms with Crippen LogP contribution in [0, 0.1) is 11.7 Å². The molecule has 0 bridgehead atoms. The Morgan fingerprint density at radius 1 is 1.03 bits per heavy atom. The minimum atomic E-state index is -3.92. The van der Waals surface area contributed by atoms with E-state index in [0.717, 1.165) is 37.8 Å². The number of benzene rings is 2. The summed E-state index contributed by atoms with van der Waals surface area (Å²) in [5.41, 5.74) is 0.567. The van der Waals surface area contributed by atoms with Crippen LogP contribution in [0.2, 0.25) is 0 Å². The molecule has 9 heteroatoms. The predicted molar refractivity (Wildman–Crippen MR) is 113 cm³/mol. The molecule has 2 N–H and O–H groups in total. The highest BCUT2D eigenvalue weighted by Crippen LogP contribution is 2.24. The topological polar surface area (TPSA) is 95.6 Å². The molecule has 31 heavy (non-hydrogen) atoms. The van der Waals surface area contributed by atoms with E-state index in [9.17, 15) is 22.4 Å². The van der Waals surface area contributed by atoms with Crippen molar-refractivity contribution in [3.8, 4) is 0 Å². The first-order valence-corrected chi connectivity index (χ1v) is 11.8. The summed E-state index contributed by atoms with van der Waals surface area (Å²) in [5.74, 6) is -0.997. The number of rotatable bonds is 6. The average molecular weight is 446 g/mol. The number of halogens is 1. The van der Waals surface area contributed by atoms with Crippen LogP contribution < -0.4 is 10.0 Å². The monoisotopic (exact) mass is 445 g/mol. The van der Waals surface area contributed by atoms with Crippen molar-refractivity contribution in [3.63, 3.8) is 0 Å². The van der Waals surface area contributed by atoms with Crippen molar-refractivity contribution in [1.82, 2.24) is 10.2 Å². The second-order valence-corrected chi connectivity index (χ2v) is 9.70. The molecule has 4 rings (SSSR count). The molecule has 1 atom stereocenters. The molecule has 0 spiro atoms. The van der Waals surface area contributed by atoms with Crippen LogP contribution in [0.5, 0.6) is 0 Å². The highest BCUT2D eigenvalue weighted by Gasteiger charge is 2.32. The largest absolute Gasteiger partial charge is 0.353 e. The molecule has 1 aliphatic carbocycles. The lowest BCUT2D eigenvalue weighted by Crippen LogP contribution is -2.45. The van der Waals surface area contributed by atoms with Gasteiger partial charge >= 0.3 is 0 Å². The molecule has 2 fully saturated rings. The fourth-order valence-electron chi connectivity index (χ4n) is 3.65. The van der Waals surface area contributed by atoms with Crippen molar-refractivity contribution in [1.29, 1.82) is 0 Å². The number of anilines is 1. The van der Waals surface area contributed by atoms with Gasteiger partial charge in [0.2, 0.25) is 5.91 Å². The first-order chi connectivity index (χ1) is 14.8. The molecule has 2 aliphatic rings. The van der Waals surface area contributed by atoms with Gasteiger partial charge in [0, 0.05) is 30.4 Å². The van der Waals surface area contributed by atoms with Crippen LogP contribution in [0.1, 0.15) is 36.0 Å². The summed E-state index contributed by atoms with van der Waals surface area (Å²) in [5, 5.41) is 3.00. The average Bonchev–Trinajstić information content (AvgIpc) is 3.57. The molecule has 2 aromatic carbocycles. The lowest BCUT2D eigenvalue weighted by atomic mass is 9.96. The van der Waals surface area contributed by atoms with Crippen LogP contribution in [0.3, 0.4) is 0 Å². The molecular weight excluding hydrogens is 421 g/mol. The van der Waals surface area contributed by atoms with Gasteiger partial charge in [-0.3, -0.25) is 14.3 Å². The normalized spacial score (nSPS) is 19.0. The van der Waals surface area contributed by atoms with Gasteiger partial charge in [0.05, 0.1) is 10.8 Å². The predicted octanol–water partition coefficient (Wildman–Crippen LogP) is 2.76. The molecular formula is C22H24FN3O4S. The number of nitrogens with one attached hydrogen (secondary N) is 2. The van der Waals surface area contributed by atoms with E-state index in [2.05, 4.69) is 10.0 Å². The Balaban J connectivity index is 1.45. The summed E-state index contributed by atoms with van der Waals surface area (Å²) in [6.45, 7) is 0.903. The minimum absolute atomic E-state index is 0.000749. The van der Waals surface area contributed by atoms with Gasteiger partial charge in [-0.1, -0.05) is 6.07 Å². The van der Waals surface area contributed by atoms with E-state index in [-0.39, 0.29) is 34.4 Å². The summed E-state index contributed by atoms with van der Waals surface area (Å²) in [6.07, 6.45) is 3.52. The van der Waals surface area contributed by atoms with Gasteiger partial charge in [-0.25, -0.2) is 12.8 Å². The van der Waals surface area contributed by atoms with Crippen LogP contribution in [0.4, 0.5) is 10.1 Å². The fraction of sp³-hybridized carbons (Fsp3) is 0.364. The molecule has 164 valence electrons. The van der Waals surface area contributed by atoms with Crippen LogP contribution >= 0.6 is 0 Å². The van der Waals surface area contributed by atoms with E-state index < -0.39 is 15.8 Å². The number of likely N-dealkylation sites (tertiary alicyclic amines) is 1. The Morgan fingerprint density at radius 2 is 1.77 bits per heavy atom. The first-order valence-electron chi connectivity index (χ1n) is 10.3. The van der Waals surface area contributed by atoms with E-state index >= 15 is 0 Å². The van der Waals surface area contributed by atoms with Crippen LogP contribution in [-0.2, 0) is 14.8 Å². The molecule has 1 saturated carbocycles. The molecule has 1 unspecified atom stereocenters. The van der Waals surface area contributed by atoms with Gasteiger partial charge in [-0.2, -0.15) is 0 Å². The maximum Gasteiger partial charge on any atom is 0.261 e. The van der Waals surface area contributed by atoms with E-state index in [1.54, 1.807) is 23.1 Å². The van der Waals surface area contributed by atoms with Crippen molar-refractivity contribution in [2.45, 2.75) is 36.6 Å². The zero-order chi connectivity index (χ0) is 22.0. The molecule has 2 amide bonds. The Morgan fingerprint density at radius 3 is 2.48 bits per heavy atom. The highest BCUT2D eigenvalue weighted by molar-refractivity contribution is 7.92. The summed E-state index contributed by atoms with van der Waals surface area (Å²) in [7, 11) is -3.92. The highest BCUT2D eigenvalue weighted by atomic mass is 32.2. The number of carbonyl (C=O) groups excluding carboxylic acids is 2. The smallest absolute Gasteiger partial charge is 0.261 e. The standard InChI is InChI=1S/C22H24FN3O4S/c23-17-6-10-20(11-7-17)31(29,30)25-19-5-1-3-15(13-19)22(28)26-12-2-4-16(14-26)21(27)24-18-8-9-18/h1,3,5-7,10-11,13,16,18,25H,2,4,8-9,12,14H2,(H,24,27). The molecule has 1 heterocycles. The van der Waals surface area contributed by atoms with Crippen LogP contribution in [0.25, 0.3) is 0 Å². The zero-order valence-corrected chi connectivity index (χ0v) is 17.7. The summed E-state index contributed by atoms with van der Waals surface area (Å²) >= 11 is 0. The van der Waals surface area contributed by atoms with Crippen molar-refractivity contribution in [2.75, 3.05) is 17.8 Å². The third-order valence-electron chi connectivity index (χ3n) is 5.49. The van der Waals surface area contributed by atoms with Crippen LogP contribution in [-0.4, -0.2) is 44.3 Å². The second-order valence-electron chi connectivity index (χ2n) is 8.01. The third-order valence-corrected chi connectivity index (χ3v) is 6.89. The molecule has 2 aromatic rings. The van der Waals surface area contributed by atoms with Crippen molar-refractivity contribution >= 4 is 27.5 Å². The maximum absolute atomic E-state index is 13.1. The molecule has 7 nitrogen and oxygen atoms in total. The molecule has 0 radical (unpaired) electrons. The number of carbonyl (C=O) groups is 2. The number of piperidine rings is 1. The lowest BCUT2D eigenvalue weighted by Gasteiger charge is -2.32.